The molecule has 1 heterocycles. The number of methoxy groups -OCH3 is 1. The van der Waals surface area contributed by atoms with Gasteiger partial charge in [0.1, 0.15) is 0 Å². The quantitative estimate of drug-likeness (QED) is 0.687. The third-order valence-electron chi connectivity index (χ3n) is 5.28. The van der Waals surface area contributed by atoms with Crippen molar-refractivity contribution >= 4 is 5.96 Å². The van der Waals surface area contributed by atoms with Gasteiger partial charge in [0.05, 0.1) is 7.11 Å². The van der Waals surface area contributed by atoms with E-state index >= 15 is 0 Å². The van der Waals surface area contributed by atoms with Gasteiger partial charge in [-0.1, -0.05) is 18.9 Å². The number of likely N-dealkylation sites (tertiary alicyclic amines) is 1. The van der Waals surface area contributed by atoms with Crippen LogP contribution >= 0.6 is 0 Å². The molecule has 1 aliphatic heterocycles. The van der Waals surface area contributed by atoms with Crippen LogP contribution in [-0.4, -0.2) is 38.1 Å². The minimum Gasteiger partial charge on any atom is -0.494 e. The molecule has 1 spiro atoms. The van der Waals surface area contributed by atoms with Crippen molar-refractivity contribution in [1.29, 1.82) is 0 Å². The van der Waals surface area contributed by atoms with Gasteiger partial charge in [-0.25, -0.2) is 4.39 Å². The van der Waals surface area contributed by atoms with E-state index in [9.17, 15) is 4.39 Å². The molecule has 1 saturated carbocycles. The lowest BCUT2D eigenvalue weighted by Crippen LogP contribution is -2.40. The molecule has 1 aliphatic carbocycles. The molecule has 0 unspecified atom stereocenters. The van der Waals surface area contributed by atoms with E-state index in [0.717, 1.165) is 24.6 Å². The van der Waals surface area contributed by atoms with Crippen molar-refractivity contribution in [3.8, 4) is 5.75 Å². The average Bonchev–Trinajstić information content (AvgIpc) is 3.19. The molecule has 1 aromatic carbocycles. The summed E-state index contributed by atoms with van der Waals surface area (Å²) in [6.07, 6.45) is 6.70. The Balaban J connectivity index is 1.59. The van der Waals surface area contributed by atoms with Crippen LogP contribution in [0.2, 0.25) is 0 Å². The van der Waals surface area contributed by atoms with Crippen LogP contribution in [0.5, 0.6) is 5.75 Å². The largest absolute Gasteiger partial charge is 0.494 e. The molecule has 1 N–H and O–H groups in total. The van der Waals surface area contributed by atoms with Crippen LogP contribution in [0.1, 0.15) is 37.7 Å². The Bertz CT molecular complexity index is 582. The van der Waals surface area contributed by atoms with Crippen molar-refractivity contribution in [2.24, 2.45) is 10.4 Å². The molecule has 0 aromatic heterocycles. The van der Waals surface area contributed by atoms with Gasteiger partial charge in [-0.3, -0.25) is 4.99 Å². The summed E-state index contributed by atoms with van der Waals surface area (Å²) < 4.78 is 18.7. The Kier molecular flexibility index (Phi) is 4.74. The van der Waals surface area contributed by atoms with E-state index in [0.29, 0.717) is 12.0 Å². The smallest absolute Gasteiger partial charge is 0.193 e. The molecule has 23 heavy (non-hydrogen) atoms. The summed E-state index contributed by atoms with van der Waals surface area (Å²) in [4.78, 5) is 6.76. The van der Waals surface area contributed by atoms with E-state index in [4.69, 9.17) is 4.74 Å². The first-order valence-electron chi connectivity index (χ1n) is 8.44. The zero-order chi connectivity index (χ0) is 16.3. The fourth-order valence-corrected chi connectivity index (χ4v) is 3.98. The minimum absolute atomic E-state index is 0.279. The zero-order valence-electron chi connectivity index (χ0n) is 14.1. The summed E-state index contributed by atoms with van der Waals surface area (Å²) in [6, 6.07) is 5.06. The number of hydrogen-bond donors (Lipinski definition) is 1. The van der Waals surface area contributed by atoms with E-state index < -0.39 is 0 Å². The highest BCUT2D eigenvalue weighted by molar-refractivity contribution is 5.80. The second-order valence-electron chi connectivity index (χ2n) is 6.75. The number of benzene rings is 1. The molecular weight excluding hydrogens is 293 g/mol. The molecule has 3 rings (SSSR count). The predicted molar refractivity (Wildman–Crippen MR) is 90.2 cm³/mol. The normalized spacial score (nSPS) is 20.3. The van der Waals surface area contributed by atoms with Gasteiger partial charge in [0.25, 0.3) is 0 Å². The second-order valence-corrected chi connectivity index (χ2v) is 6.75. The first-order chi connectivity index (χ1) is 11.2. The van der Waals surface area contributed by atoms with Crippen molar-refractivity contribution in [2.45, 2.75) is 38.6 Å². The monoisotopic (exact) mass is 319 g/mol. The molecule has 0 radical (unpaired) electrons. The summed E-state index contributed by atoms with van der Waals surface area (Å²) in [5.74, 6) is 0.874. The van der Waals surface area contributed by atoms with Crippen LogP contribution in [0, 0.1) is 11.2 Å². The van der Waals surface area contributed by atoms with Crippen LogP contribution in [0.3, 0.4) is 0 Å². The average molecular weight is 319 g/mol. The molecule has 0 amide bonds. The van der Waals surface area contributed by atoms with Crippen molar-refractivity contribution in [2.75, 3.05) is 27.2 Å². The Morgan fingerprint density at radius 1 is 1.35 bits per heavy atom. The maximum atomic E-state index is 13.8. The molecule has 4 nitrogen and oxygen atoms in total. The Morgan fingerprint density at radius 3 is 2.78 bits per heavy atom. The highest BCUT2D eigenvalue weighted by Crippen LogP contribution is 2.45. The lowest BCUT2D eigenvalue weighted by Gasteiger charge is -2.26. The molecule has 1 saturated heterocycles. The number of nitrogens with one attached hydrogen (secondary N) is 1. The Hall–Kier alpha value is -1.78. The molecule has 2 aliphatic rings. The Labute approximate surface area is 137 Å². The maximum Gasteiger partial charge on any atom is 0.193 e. The summed E-state index contributed by atoms with van der Waals surface area (Å²) in [6.45, 7) is 2.73. The maximum absolute atomic E-state index is 13.8. The number of aliphatic imine (C=N–C) groups is 1. The standard InChI is InChI=1S/C18H26FN3O/c1-20-17(22-10-9-18(13-22)7-3-4-8-18)21-12-14-5-6-16(23-2)15(19)11-14/h5-6,11H,3-4,7-10,12-13H2,1-2H3,(H,20,21). The number of ether oxygens (including phenoxy) is 1. The zero-order valence-corrected chi connectivity index (χ0v) is 14.1. The van der Waals surface area contributed by atoms with Crippen molar-refractivity contribution < 1.29 is 9.13 Å². The molecule has 1 aromatic rings. The fraction of sp³-hybridized carbons (Fsp3) is 0.611. The second kappa shape index (κ2) is 6.77. The molecule has 126 valence electrons. The first-order valence-corrected chi connectivity index (χ1v) is 8.44. The lowest BCUT2D eigenvalue weighted by molar-refractivity contribution is 0.309. The molecular formula is C18H26FN3O. The summed E-state index contributed by atoms with van der Waals surface area (Å²) in [7, 11) is 3.29. The predicted octanol–water partition coefficient (Wildman–Crippen LogP) is 3.18. The number of hydrogen-bond acceptors (Lipinski definition) is 2. The highest BCUT2D eigenvalue weighted by atomic mass is 19.1. The van der Waals surface area contributed by atoms with Gasteiger partial charge in [0.15, 0.2) is 17.5 Å². The highest BCUT2D eigenvalue weighted by Gasteiger charge is 2.41. The van der Waals surface area contributed by atoms with Crippen LogP contribution in [-0.2, 0) is 6.54 Å². The number of guanidine groups is 1. The summed E-state index contributed by atoms with van der Waals surface area (Å²) in [5.41, 5.74) is 1.41. The van der Waals surface area contributed by atoms with Gasteiger partial charge in [0.2, 0.25) is 0 Å². The number of nitrogens with zero attached hydrogens (tertiary/aromatic N) is 2. The van der Waals surface area contributed by atoms with Gasteiger partial charge in [-0.05, 0) is 42.4 Å². The van der Waals surface area contributed by atoms with Crippen molar-refractivity contribution in [1.82, 2.24) is 10.2 Å². The van der Waals surface area contributed by atoms with Crippen molar-refractivity contribution in [3.05, 3.63) is 29.6 Å². The number of halogens is 1. The van der Waals surface area contributed by atoms with Crippen LogP contribution in [0.4, 0.5) is 4.39 Å². The van der Waals surface area contributed by atoms with E-state index in [1.165, 1.54) is 45.3 Å². The van der Waals surface area contributed by atoms with Gasteiger partial charge in [-0.15, -0.1) is 0 Å². The molecule has 0 atom stereocenters. The summed E-state index contributed by atoms with van der Waals surface area (Å²) in [5, 5.41) is 3.37. The topological polar surface area (TPSA) is 36.9 Å². The molecule has 2 fully saturated rings. The van der Waals surface area contributed by atoms with E-state index in [-0.39, 0.29) is 11.6 Å². The lowest BCUT2D eigenvalue weighted by atomic mass is 9.86. The fourth-order valence-electron chi connectivity index (χ4n) is 3.98. The van der Waals surface area contributed by atoms with Gasteiger partial charge in [-0.2, -0.15) is 0 Å². The summed E-state index contributed by atoms with van der Waals surface area (Å²) >= 11 is 0. The molecule has 0 bridgehead atoms. The Morgan fingerprint density at radius 2 is 2.13 bits per heavy atom. The first kappa shape index (κ1) is 16.1. The van der Waals surface area contributed by atoms with Crippen LogP contribution in [0.15, 0.2) is 23.2 Å². The molecule has 5 heteroatoms. The number of rotatable bonds is 3. The third-order valence-corrected chi connectivity index (χ3v) is 5.28. The van der Waals surface area contributed by atoms with E-state index in [1.54, 1.807) is 6.07 Å². The third kappa shape index (κ3) is 3.43. The van der Waals surface area contributed by atoms with Crippen LogP contribution < -0.4 is 10.1 Å². The van der Waals surface area contributed by atoms with Gasteiger partial charge in [0, 0.05) is 26.7 Å². The van der Waals surface area contributed by atoms with Crippen molar-refractivity contribution in [3.63, 3.8) is 0 Å². The van der Waals surface area contributed by atoms with Gasteiger partial charge >= 0.3 is 0 Å². The minimum atomic E-state index is -0.326. The van der Waals surface area contributed by atoms with E-state index in [1.807, 2.05) is 13.1 Å². The van der Waals surface area contributed by atoms with Crippen LogP contribution in [0.25, 0.3) is 0 Å². The van der Waals surface area contributed by atoms with E-state index in [2.05, 4.69) is 15.2 Å². The SMILES string of the molecule is CN=C(NCc1ccc(OC)c(F)c1)N1CCC2(CCCC2)C1. The van der Waals surface area contributed by atoms with Gasteiger partial charge < -0.3 is 15.0 Å².